The molecular formula is C20H24BrCl2NO3. The van der Waals surface area contributed by atoms with E-state index in [1.165, 1.54) is 0 Å². The van der Waals surface area contributed by atoms with E-state index in [-0.39, 0.29) is 19.3 Å². The van der Waals surface area contributed by atoms with Gasteiger partial charge in [0, 0.05) is 28.2 Å². The molecule has 0 aliphatic heterocycles. The lowest BCUT2D eigenvalue weighted by Gasteiger charge is -2.18. The first-order chi connectivity index (χ1) is 13.0. The average molecular weight is 477 g/mol. The number of hydrogen-bond acceptors (Lipinski definition) is 4. The number of aliphatic hydroxyl groups is 1. The maximum Gasteiger partial charge on any atom is 0.175 e. The van der Waals surface area contributed by atoms with Gasteiger partial charge in [-0.15, -0.1) is 0 Å². The number of ether oxygens (including phenoxy) is 2. The van der Waals surface area contributed by atoms with E-state index in [1.807, 2.05) is 26.0 Å². The van der Waals surface area contributed by atoms with Gasteiger partial charge in [-0.2, -0.15) is 0 Å². The fourth-order valence-corrected chi connectivity index (χ4v) is 3.65. The molecule has 2 rings (SSSR count). The molecule has 2 aromatic rings. The first-order valence-electron chi connectivity index (χ1n) is 8.85. The topological polar surface area (TPSA) is 50.7 Å². The molecule has 2 N–H and O–H groups in total. The standard InChI is InChI=1S/C20H24BrCl2NO3/c1-3-14(11-25)24-10-13-8-16(21)20(19(9-13)26-4-2)27-12-15-17(22)6-5-7-18(15)23/h5-9,14,24-25H,3-4,10-12H2,1-2H3. The van der Waals surface area contributed by atoms with E-state index >= 15 is 0 Å². The van der Waals surface area contributed by atoms with E-state index in [4.69, 9.17) is 32.7 Å². The number of benzene rings is 2. The Morgan fingerprint density at radius 2 is 1.85 bits per heavy atom. The van der Waals surface area contributed by atoms with Gasteiger partial charge in [-0.05, 0) is 59.1 Å². The van der Waals surface area contributed by atoms with E-state index in [0.717, 1.165) is 22.0 Å². The van der Waals surface area contributed by atoms with Crippen molar-refractivity contribution in [3.8, 4) is 11.5 Å². The van der Waals surface area contributed by atoms with Crippen molar-refractivity contribution < 1.29 is 14.6 Å². The molecule has 148 valence electrons. The van der Waals surface area contributed by atoms with Gasteiger partial charge in [-0.1, -0.05) is 36.2 Å². The average Bonchev–Trinajstić information content (AvgIpc) is 2.64. The molecule has 4 nitrogen and oxygen atoms in total. The van der Waals surface area contributed by atoms with Crippen molar-refractivity contribution in [1.82, 2.24) is 5.32 Å². The molecule has 7 heteroatoms. The van der Waals surface area contributed by atoms with Gasteiger partial charge in [0.1, 0.15) is 6.61 Å². The molecule has 0 bridgehead atoms. The summed E-state index contributed by atoms with van der Waals surface area (Å²) in [7, 11) is 0. The fraction of sp³-hybridized carbons (Fsp3) is 0.400. The molecule has 0 spiro atoms. The molecule has 2 aromatic carbocycles. The number of nitrogens with one attached hydrogen (secondary N) is 1. The summed E-state index contributed by atoms with van der Waals surface area (Å²) in [5.74, 6) is 1.25. The minimum absolute atomic E-state index is 0.0672. The molecule has 0 aliphatic carbocycles. The highest BCUT2D eigenvalue weighted by Gasteiger charge is 2.15. The lowest BCUT2D eigenvalue weighted by molar-refractivity contribution is 0.238. The molecule has 0 saturated carbocycles. The smallest absolute Gasteiger partial charge is 0.175 e. The maximum absolute atomic E-state index is 9.33. The van der Waals surface area contributed by atoms with E-state index in [0.29, 0.717) is 34.7 Å². The van der Waals surface area contributed by atoms with Crippen molar-refractivity contribution in [2.24, 2.45) is 0 Å². The van der Waals surface area contributed by atoms with Crippen LogP contribution >= 0.6 is 39.1 Å². The Balaban J connectivity index is 2.20. The van der Waals surface area contributed by atoms with Crippen LogP contribution < -0.4 is 14.8 Å². The van der Waals surface area contributed by atoms with Crippen LogP contribution in [-0.4, -0.2) is 24.4 Å². The van der Waals surface area contributed by atoms with Gasteiger partial charge in [0.15, 0.2) is 11.5 Å². The summed E-state index contributed by atoms with van der Waals surface area (Å²) in [5.41, 5.74) is 1.76. The van der Waals surface area contributed by atoms with E-state index < -0.39 is 0 Å². The Hall–Kier alpha value is -0.980. The van der Waals surface area contributed by atoms with Crippen molar-refractivity contribution in [2.75, 3.05) is 13.2 Å². The van der Waals surface area contributed by atoms with Crippen LogP contribution in [0.2, 0.25) is 10.0 Å². The lowest BCUT2D eigenvalue weighted by Crippen LogP contribution is -2.31. The van der Waals surface area contributed by atoms with Crippen LogP contribution in [0.3, 0.4) is 0 Å². The molecule has 0 heterocycles. The second-order valence-corrected chi connectivity index (χ2v) is 7.66. The highest BCUT2D eigenvalue weighted by atomic mass is 79.9. The normalized spacial score (nSPS) is 12.1. The van der Waals surface area contributed by atoms with Crippen molar-refractivity contribution in [3.63, 3.8) is 0 Å². The summed E-state index contributed by atoms with van der Waals surface area (Å²) in [6.45, 7) is 5.43. The van der Waals surface area contributed by atoms with Gasteiger partial charge >= 0.3 is 0 Å². The van der Waals surface area contributed by atoms with Crippen LogP contribution in [0, 0.1) is 0 Å². The highest BCUT2D eigenvalue weighted by Crippen LogP contribution is 2.38. The van der Waals surface area contributed by atoms with E-state index in [9.17, 15) is 5.11 Å². The maximum atomic E-state index is 9.33. The number of hydrogen-bond donors (Lipinski definition) is 2. The van der Waals surface area contributed by atoms with Crippen LogP contribution in [-0.2, 0) is 13.2 Å². The van der Waals surface area contributed by atoms with Crippen molar-refractivity contribution in [3.05, 3.63) is 56.0 Å². The molecule has 27 heavy (non-hydrogen) atoms. The monoisotopic (exact) mass is 475 g/mol. The number of halogens is 3. The second-order valence-electron chi connectivity index (χ2n) is 6.00. The molecule has 1 unspecified atom stereocenters. The van der Waals surface area contributed by atoms with Gasteiger partial charge in [-0.25, -0.2) is 0 Å². The summed E-state index contributed by atoms with van der Waals surface area (Å²) in [4.78, 5) is 0. The SMILES string of the molecule is CCOc1cc(CNC(CC)CO)cc(Br)c1OCc1c(Cl)cccc1Cl. The zero-order valence-corrected chi connectivity index (χ0v) is 18.5. The molecule has 0 radical (unpaired) electrons. The molecule has 0 saturated heterocycles. The Labute approximate surface area is 178 Å². The summed E-state index contributed by atoms with van der Waals surface area (Å²) < 4.78 is 12.5. The summed E-state index contributed by atoms with van der Waals surface area (Å²) >= 11 is 16.0. The third-order valence-electron chi connectivity index (χ3n) is 4.10. The van der Waals surface area contributed by atoms with Crippen LogP contribution in [0.4, 0.5) is 0 Å². The molecule has 0 aromatic heterocycles. The van der Waals surface area contributed by atoms with E-state index in [2.05, 4.69) is 21.2 Å². The molecule has 0 fully saturated rings. The first-order valence-corrected chi connectivity index (χ1v) is 10.4. The van der Waals surface area contributed by atoms with Gasteiger partial charge in [0.25, 0.3) is 0 Å². The van der Waals surface area contributed by atoms with Gasteiger partial charge in [0.2, 0.25) is 0 Å². The third kappa shape index (κ3) is 6.26. The van der Waals surface area contributed by atoms with Crippen molar-refractivity contribution in [2.45, 2.75) is 39.5 Å². The predicted octanol–water partition coefficient (Wildman–Crippen LogP) is 5.59. The Morgan fingerprint density at radius 3 is 2.44 bits per heavy atom. The quantitative estimate of drug-likeness (QED) is 0.469. The first kappa shape index (κ1) is 22.3. The number of aliphatic hydroxyl groups excluding tert-OH is 1. The third-order valence-corrected chi connectivity index (χ3v) is 5.40. The summed E-state index contributed by atoms with van der Waals surface area (Å²) in [5, 5.41) is 13.8. The Kier molecular flexibility index (Phi) is 9.19. The number of rotatable bonds is 10. The van der Waals surface area contributed by atoms with Gasteiger partial charge < -0.3 is 19.9 Å². The largest absolute Gasteiger partial charge is 0.490 e. The van der Waals surface area contributed by atoms with Gasteiger partial charge in [0.05, 0.1) is 17.7 Å². The summed E-state index contributed by atoms with van der Waals surface area (Å²) in [6, 6.07) is 9.35. The molecule has 1 atom stereocenters. The zero-order valence-electron chi connectivity index (χ0n) is 15.4. The van der Waals surface area contributed by atoms with Crippen LogP contribution in [0.15, 0.2) is 34.8 Å². The van der Waals surface area contributed by atoms with Crippen LogP contribution in [0.1, 0.15) is 31.4 Å². The predicted molar refractivity (Wildman–Crippen MR) is 114 cm³/mol. The van der Waals surface area contributed by atoms with Crippen molar-refractivity contribution in [1.29, 1.82) is 0 Å². The summed E-state index contributed by atoms with van der Waals surface area (Å²) in [6.07, 6.45) is 0.857. The molecular weight excluding hydrogens is 453 g/mol. The van der Waals surface area contributed by atoms with E-state index in [1.54, 1.807) is 18.2 Å². The fourth-order valence-electron chi connectivity index (χ4n) is 2.54. The minimum atomic E-state index is 0.0672. The Morgan fingerprint density at radius 1 is 1.15 bits per heavy atom. The van der Waals surface area contributed by atoms with Crippen molar-refractivity contribution >= 4 is 39.1 Å². The Bertz CT molecular complexity index is 734. The highest BCUT2D eigenvalue weighted by molar-refractivity contribution is 9.10. The molecule has 0 aliphatic rings. The molecule has 0 amide bonds. The van der Waals surface area contributed by atoms with Gasteiger partial charge in [-0.3, -0.25) is 0 Å². The minimum Gasteiger partial charge on any atom is -0.490 e. The second kappa shape index (κ2) is 11.1. The lowest BCUT2D eigenvalue weighted by atomic mass is 10.1. The van der Waals surface area contributed by atoms with Crippen LogP contribution in [0.25, 0.3) is 0 Å². The van der Waals surface area contributed by atoms with Crippen LogP contribution in [0.5, 0.6) is 11.5 Å². The zero-order chi connectivity index (χ0) is 19.8.